The van der Waals surface area contributed by atoms with Crippen LogP contribution >= 0.6 is 0 Å². The van der Waals surface area contributed by atoms with Gasteiger partial charge in [0, 0.05) is 66.7 Å². The first-order valence-corrected chi connectivity index (χ1v) is 19.3. The summed E-state index contributed by atoms with van der Waals surface area (Å²) in [5, 5.41) is 7.07. The molecule has 8 aromatic carbocycles. The van der Waals surface area contributed by atoms with Crippen LogP contribution in [0.1, 0.15) is 0 Å². The van der Waals surface area contributed by atoms with Crippen molar-refractivity contribution >= 4 is 65.4 Å². The lowest BCUT2D eigenvalue weighted by Crippen LogP contribution is -2.00. The number of rotatable bonds is 5. The molecule has 4 heterocycles. The normalized spacial score (nSPS) is 11.9. The van der Waals surface area contributed by atoms with Gasteiger partial charge in [-0.1, -0.05) is 127 Å². The molecular weight excluding hydrogens is 695 g/mol. The second-order valence-corrected chi connectivity index (χ2v) is 14.7. The first-order chi connectivity index (χ1) is 28.3. The molecule has 0 amide bonds. The molecule has 4 aromatic heterocycles. The zero-order valence-electron chi connectivity index (χ0n) is 30.8. The van der Waals surface area contributed by atoms with Crippen LogP contribution in [0.3, 0.4) is 0 Å². The minimum atomic E-state index is 0.694. The molecule has 5 nitrogen and oxygen atoms in total. The molecule has 0 aliphatic carbocycles. The molecule has 57 heavy (non-hydrogen) atoms. The van der Waals surface area contributed by atoms with Crippen LogP contribution < -0.4 is 0 Å². The van der Waals surface area contributed by atoms with Crippen LogP contribution in [-0.2, 0) is 0 Å². The van der Waals surface area contributed by atoms with Gasteiger partial charge in [-0.05, 0) is 66.7 Å². The van der Waals surface area contributed by atoms with E-state index in [1.165, 1.54) is 38.0 Å². The molecule has 0 saturated carbocycles. The van der Waals surface area contributed by atoms with E-state index in [2.05, 4.69) is 202 Å². The lowest BCUT2D eigenvalue weighted by molar-refractivity contribution is 1.12. The van der Waals surface area contributed by atoms with E-state index < -0.39 is 0 Å². The van der Waals surface area contributed by atoms with E-state index in [1.54, 1.807) is 0 Å². The Hall–Kier alpha value is -7.76. The van der Waals surface area contributed by atoms with Crippen molar-refractivity contribution < 1.29 is 0 Å². The molecule has 0 unspecified atom stereocenters. The SMILES string of the molecule is c1ccc(-c2nc(-c3cccc(-n4c5cc6c(ccn6-c6ccccc6)cc5c5ccc6c7ccccc7n(-c7ccccc7)c6c54)c3)nc3ccccc23)cc1. The fraction of sp³-hybridized carbons (Fsp3) is 0. The van der Waals surface area contributed by atoms with Crippen LogP contribution in [0, 0.1) is 0 Å². The summed E-state index contributed by atoms with van der Waals surface area (Å²) >= 11 is 0. The maximum atomic E-state index is 5.27. The van der Waals surface area contributed by atoms with Crippen molar-refractivity contribution in [2.45, 2.75) is 0 Å². The molecule has 0 bridgehead atoms. The lowest BCUT2D eigenvalue weighted by atomic mass is 10.1. The molecule has 266 valence electrons. The zero-order valence-corrected chi connectivity index (χ0v) is 30.8. The Kier molecular flexibility index (Phi) is 6.86. The first kappa shape index (κ1) is 31.6. The molecule has 5 heteroatoms. The summed E-state index contributed by atoms with van der Waals surface area (Å²) in [6.45, 7) is 0. The average molecular weight is 728 g/mol. The Labute approximate surface area is 328 Å². The van der Waals surface area contributed by atoms with Crippen molar-refractivity contribution in [1.82, 2.24) is 23.7 Å². The number of hydrogen-bond donors (Lipinski definition) is 0. The van der Waals surface area contributed by atoms with E-state index in [4.69, 9.17) is 9.97 Å². The Bertz CT molecular complexity index is 3500. The maximum Gasteiger partial charge on any atom is 0.160 e. The van der Waals surface area contributed by atoms with Crippen molar-refractivity contribution in [3.05, 3.63) is 200 Å². The highest BCUT2D eigenvalue weighted by atomic mass is 15.0. The number of hydrogen-bond acceptors (Lipinski definition) is 2. The lowest BCUT2D eigenvalue weighted by Gasteiger charge is -2.14. The van der Waals surface area contributed by atoms with Crippen LogP contribution in [0.25, 0.3) is 105 Å². The van der Waals surface area contributed by atoms with Gasteiger partial charge in [-0.25, -0.2) is 9.97 Å². The second-order valence-electron chi connectivity index (χ2n) is 14.7. The second kappa shape index (κ2) is 12.4. The third-order valence-corrected chi connectivity index (χ3v) is 11.4. The molecule has 0 spiro atoms. The number of fused-ring (bicyclic) bond motifs is 9. The largest absolute Gasteiger partial charge is 0.316 e. The van der Waals surface area contributed by atoms with Crippen LogP contribution in [-0.4, -0.2) is 23.7 Å². The van der Waals surface area contributed by atoms with Crippen molar-refractivity contribution in [2.75, 3.05) is 0 Å². The van der Waals surface area contributed by atoms with E-state index in [0.29, 0.717) is 5.82 Å². The molecule has 0 aliphatic heterocycles. The minimum absolute atomic E-state index is 0.694. The highest BCUT2D eigenvalue weighted by Gasteiger charge is 2.23. The molecule has 12 rings (SSSR count). The third-order valence-electron chi connectivity index (χ3n) is 11.4. The average Bonchev–Trinajstić information content (AvgIpc) is 3.96. The highest BCUT2D eigenvalue weighted by molar-refractivity contribution is 6.25. The Morgan fingerprint density at radius 3 is 1.75 bits per heavy atom. The minimum Gasteiger partial charge on any atom is -0.316 e. The van der Waals surface area contributed by atoms with Gasteiger partial charge in [0.1, 0.15) is 0 Å². The first-order valence-electron chi connectivity index (χ1n) is 19.3. The van der Waals surface area contributed by atoms with Gasteiger partial charge in [0.15, 0.2) is 5.82 Å². The van der Waals surface area contributed by atoms with Crippen LogP contribution in [0.5, 0.6) is 0 Å². The fourth-order valence-corrected chi connectivity index (χ4v) is 8.91. The summed E-state index contributed by atoms with van der Waals surface area (Å²) < 4.78 is 7.20. The maximum absolute atomic E-state index is 5.27. The van der Waals surface area contributed by atoms with Crippen molar-refractivity contribution in [3.8, 4) is 39.7 Å². The molecule has 0 N–H and O–H groups in total. The topological polar surface area (TPSA) is 40.6 Å². The molecule has 0 aliphatic rings. The van der Waals surface area contributed by atoms with Gasteiger partial charge >= 0.3 is 0 Å². The Morgan fingerprint density at radius 1 is 0.351 bits per heavy atom. The molecule has 0 saturated heterocycles. The van der Waals surface area contributed by atoms with Crippen LogP contribution in [0.4, 0.5) is 0 Å². The van der Waals surface area contributed by atoms with Crippen LogP contribution in [0.2, 0.25) is 0 Å². The van der Waals surface area contributed by atoms with Gasteiger partial charge in [-0.15, -0.1) is 0 Å². The van der Waals surface area contributed by atoms with Gasteiger partial charge in [0.2, 0.25) is 0 Å². The van der Waals surface area contributed by atoms with Crippen LogP contribution in [0.15, 0.2) is 200 Å². The molecular formula is C52H33N5. The number of para-hydroxylation sites is 4. The van der Waals surface area contributed by atoms with Gasteiger partial charge in [-0.2, -0.15) is 0 Å². The summed E-state index contributed by atoms with van der Waals surface area (Å²) in [6, 6.07) is 69.1. The molecule has 0 fully saturated rings. The van der Waals surface area contributed by atoms with Gasteiger partial charge in [0.05, 0.1) is 38.8 Å². The van der Waals surface area contributed by atoms with E-state index >= 15 is 0 Å². The Balaban J connectivity index is 1.20. The van der Waals surface area contributed by atoms with Crippen molar-refractivity contribution in [3.63, 3.8) is 0 Å². The predicted octanol–water partition coefficient (Wildman–Crippen LogP) is 13.1. The summed E-state index contributed by atoms with van der Waals surface area (Å²) in [6.07, 6.45) is 2.18. The fourth-order valence-electron chi connectivity index (χ4n) is 8.91. The van der Waals surface area contributed by atoms with Gasteiger partial charge in [0.25, 0.3) is 0 Å². The van der Waals surface area contributed by atoms with E-state index in [9.17, 15) is 0 Å². The molecule has 0 radical (unpaired) electrons. The number of nitrogens with zero attached hydrogens (tertiary/aromatic N) is 5. The predicted molar refractivity (Wildman–Crippen MR) is 236 cm³/mol. The summed E-state index contributed by atoms with van der Waals surface area (Å²) in [5.74, 6) is 0.694. The zero-order chi connectivity index (χ0) is 37.5. The molecule has 12 aromatic rings. The van der Waals surface area contributed by atoms with E-state index in [0.717, 1.165) is 61.3 Å². The summed E-state index contributed by atoms with van der Waals surface area (Å²) in [5.41, 5.74) is 13.0. The quantitative estimate of drug-likeness (QED) is 0.177. The third kappa shape index (κ3) is 4.82. The number of aromatic nitrogens is 5. The summed E-state index contributed by atoms with van der Waals surface area (Å²) in [7, 11) is 0. The standard InChI is InChI=1S/C52H33N5/c1-4-15-34(16-5-1)49-43-24-10-12-25-45(43)53-52(54-49)36-17-14-22-39(31-36)57-48-33-47-35(29-30-55(47)37-18-6-2-7-19-37)32-44(48)42-28-27-41-40-23-11-13-26-46(40)56(50(41)51(42)57)38-20-8-3-9-21-38/h1-33H. The van der Waals surface area contributed by atoms with E-state index in [-0.39, 0.29) is 0 Å². The Morgan fingerprint density at radius 2 is 0.965 bits per heavy atom. The summed E-state index contributed by atoms with van der Waals surface area (Å²) in [4.78, 5) is 10.4. The smallest absolute Gasteiger partial charge is 0.160 e. The number of benzene rings is 8. The molecule has 0 atom stereocenters. The monoisotopic (exact) mass is 727 g/mol. The van der Waals surface area contributed by atoms with Crippen molar-refractivity contribution in [2.24, 2.45) is 0 Å². The van der Waals surface area contributed by atoms with E-state index in [1.807, 2.05) is 12.1 Å². The van der Waals surface area contributed by atoms with Gasteiger partial charge < -0.3 is 13.7 Å². The van der Waals surface area contributed by atoms with Gasteiger partial charge in [-0.3, -0.25) is 0 Å². The van der Waals surface area contributed by atoms with Crippen molar-refractivity contribution in [1.29, 1.82) is 0 Å². The highest BCUT2D eigenvalue weighted by Crippen LogP contribution is 2.43.